The number of amides is 4. The van der Waals surface area contributed by atoms with Crippen LogP contribution in [0.25, 0.3) is 22.1 Å². The van der Waals surface area contributed by atoms with Crippen LogP contribution in [0.5, 0.6) is 0 Å². The maximum absolute atomic E-state index is 13.4. The van der Waals surface area contributed by atoms with E-state index in [0.29, 0.717) is 95.5 Å². The first kappa shape index (κ1) is 41.1. The van der Waals surface area contributed by atoms with E-state index in [4.69, 9.17) is 21.4 Å². The molecule has 300 valence electrons. The summed E-state index contributed by atoms with van der Waals surface area (Å²) in [5.74, 6) is -4.01. The lowest BCUT2D eigenvalue weighted by molar-refractivity contribution is -0.192. The summed E-state index contributed by atoms with van der Waals surface area (Å²) in [5.41, 5.74) is 16.3. The molecule has 0 unspecified atom stereocenters. The molecule has 4 aromatic heterocycles. The molecule has 0 aliphatic rings. The number of hydrogen-bond acceptors (Lipinski definition) is 9. The number of aliphatic carboxylic acids is 1. The monoisotopic (exact) mass is 792 g/mol. The second-order valence-electron chi connectivity index (χ2n) is 12.7. The Hall–Kier alpha value is -7.06. The van der Waals surface area contributed by atoms with E-state index in [-0.39, 0.29) is 11.8 Å². The van der Waals surface area contributed by atoms with Crippen molar-refractivity contribution >= 4 is 63.6 Å². The van der Waals surface area contributed by atoms with Crippen LogP contribution >= 0.6 is 0 Å². The SMILES string of the molecule is CCn1nc(C)cc1C(=O)Nc1nc2cc(C(N)=O)ccc2n1CCCCn1c(NC(=O)c2cc(C)nn2CC)nc2cc(C(N)=O)ccc21.O=C(O)C(F)(F)F. The number of alkyl halides is 3. The molecule has 0 aliphatic heterocycles. The molecule has 0 atom stereocenters. The molecule has 21 heteroatoms. The lowest BCUT2D eigenvalue weighted by Crippen LogP contribution is -2.21. The van der Waals surface area contributed by atoms with Crippen LogP contribution in [0.3, 0.4) is 0 Å². The van der Waals surface area contributed by atoms with Crippen molar-refractivity contribution in [2.24, 2.45) is 11.5 Å². The summed E-state index contributed by atoms with van der Waals surface area (Å²) in [4.78, 5) is 68.8. The van der Waals surface area contributed by atoms with Crippen LogP contribution in [-0.2, 0) is 31.0 Å². The van der Waals surface area contributed by atoms with Gasteiger partial charge in [-0.3, -0.25) is 39.2 Å². The first-order valence-electron chi connectivity index (χ1n) is 17.5. The first-order chi connectivity index (χ1) is 26.9. The molecule has 6 aromatic rings. The predicted molar refractivity (Wildman–Crippen MR) is 201 cm³/mol. The van der Waals surface area contributed by atoms with Crippen LogP contribution in [0.15, 0.2) is 48.5 Å². The lowest BCUT2D eigenvalue weighted by Gasteiger charge is -2.13. The van der Waals surface area contributed by atoms with Gasteiger partial charge in [-0.05, 0) is 89.1 Å². The third kappa shape index (κ3) is 9.26. The molecule has 7 N–H and O–H groups in total. The number of hydrogen-bond donors (Lipinski definition) is 5. The van der Waals surface area contributed by atoms with Gasteiger partial charge >= 0.3 is 12.1 Å². The van der Waals surface area contributed by atoms with Crippen molar-refractivity contribution in [2.45, 2.75) is 72.9 Å². The zero-order valence-electron chi connectivity index (χ0n) is 31.2. The molecule has 18 nitrogen and oxygen atoms in total. The Morgan fingerprint density at radius 1 is 0.684 bits per heavy atom. The Balaban J connectivity index is 0.000000811. The fraction of sp³-hybridized carbons (Fsp3) is 0.306. The van der Waals surface area contributed by atoms with E-state index < -0.39 is 24.0 Å². The van der Waals surface area contributed by atoms with Gasteiger partial charge in [0, 0.05) is 37.3 Å². The Morgan fingerprint density at radius 3 is 1.37 bits per heavy atom. The highest BCUT2D eigenvalue weighted by atomic mass is 19.4. The van der Waals surface area contributed by atoms with Gasteiger partial charge in [0.1, 0.15) is 11.4 Å². The summed E-state index contributed by atoms with van der Waals surface area (Å²) in [7, 11) is 0. The Morgan fingerprint density at radius 2 is 1.05 bits per heavy atom. The van der Waals surface area contributed by atoms with Crippen molar-refractivity contribution in [3.8, 4) is 0 Å². The van der Waals surface area contributed by atoms with Crippen LogP contribution in [0.2, 0.25) is 0 Å². The van der Waals surface area contributed by atoms with Gasteiger partial charge < -0.3 is 25.7 Å². The third-order valence-corrected chi connectivity index (χ3v) is 8.64. The van der Waals surface area contributed by atoms with Crippen LogP contribution in [-0.4, -0.2) is 79.5 Å². The molecule has 6 rings (SSSR count). The summed E-state index contributed by atoms with van der Waals surface area (Å²) in [6, 6.07) is 13.4. The molecule has 0 aliphatic carbocycles. The van der Waals surface area contributed by atoms with Crippen LogP contribution in [0.1, 0.15) is 79.8 Å². The Bertz CT molecular complexity index is 2350. The Labute approximate surface area is 321 Å². The Kier molecular flexibility index (Phi) is 12.1. The van der Waals surface area contributed by atoms with Crippen LogP contribution in [0, 0.1) is 13.8 Å². The molecule has 2 aromatic carbocycles. The van der Waals surface area contributed by atoms with Crippen LogP contribution in [0.4, 0.5) is 25.1 Å². The van der Waals surface area contributed by atoms with Crippen molar-refractivity contribution in [1.29, 1.82) is 0 Å². The van der Waals surface area contributed by atoms with E-state index in [2.05, 4.69) is 30.8 Å². The minimum absolute atomic E-state index is 0.304. The lowest BCUT2D eigenvalue weighted by atomic mass is 10.2. The maximum atomic E-state index is 13.4. The number of carbonyl (C=O) groups excluding carboxylic acids is 4. The highest BCUT2D eigenvalue weighted by Crippen LogP contribution is 2.25. The summed E-state index contributed by atoms with van der Waals surface area (Å²) in [6.07, 6.45) is -3.82. The molecule has 0 fully saturated rings. The molecule has 4 amide bonds. The molecule has 0 spiro atoms. The number of fused-ring (bicyclic) bond motifs is 2. The van der Waals surface area contributed by atoms with Crippen molar-refractivity contribution in [2.75, 3.05) is 10.6 Å². The smallest absolute Gasteiger partial charge is 0.475 e. The van der Waals surface area contributed by atoms with Crippen LogP contribution < -0.4 is 22.1 Å². The number of rotatable bonds is 13. The van der Waals surface area contributed by atoms with E-state index >= 15 is 0 Å². The van der Waals surface area contributed by atoms with Gasteiger partial charge in [0.2, 0.25) is 23.7 Å². The number of carbonyl (C=O) groups is 5. The van der Waals surface area contributed by atoms with Gasteiger partial charge in [-0.15, -0.1) is 0 Å². The van der Waals surface area contributed by atoms with Gasteiger partial charge in [-0.2, -0.15) is 23.4 Å². The molecule has 0 bridgehead atoms. The number of nitrogens with two attached hydrogens (primary N) is 2. The van der Waals surface area contributed by atoms with Gasteiger partial charge in [-0.25, -0.2) is 14.8 Å². The number of aromatic nitrogens is 8. The number of nitrogens with zero attached hydrogens (tertiary/aromatic N) is 8. The number of nitrogens with one attached hydrogen (secondary N) is 2. The summed E-state index contributed by atoms with van der Waals surface area (Å²) in [6.45, 7) is 9.41. The third-order valence-electron chi connectivity index (χ3n) is 8.64. The number of aryl methyl sites for hydroxylation is 6. The summed E-state index contributed by atoms with van der Waals surface area (Å²) >= 11 is 0. The largest absolute Gasteiger partial charge is 0.490 e. The second-order valence-corrected chi connectivity index (χ2v) is 12.7. The van der Waals surface area contributed by atoms with Gasteiger partial charge in [0.15, 0.2) is 0 Å². The molecule has 0 radical (unpaired) electrons. The predicted octanol–water partition coefficient (Wildman–Crippen LogP) is 4.25. The van der Waals surface area contributed by atoms with Gasteiger partial charge in [-0.1, -0.05) is 0 Å². The first-order valence-corrected chi connectivity index (χ1v) is 17.5. The molecular weight excluding hydrogens is 753 g/mol. The second kappa shape index (κ2) is 16.8. The van der Waals surface area contributed by atoms with Crippen molar-refractivity contribution < 1.29 is 42.3 Å². The zero-order chi connectivity index (χ0) is 41.8. The molecule has 4 heterocycles. The number of anilines is 2. The van der Waals surface area contributed by atoms with Gasteiger partial charge in [0.25, 0.3) is 11.8 Å². The number of imidazole rings is 2. The number of primary amides is 2. The zero-order valence-corrected chi connectivity index (χ0v) is 31.2. The minimum atomic E-state index is -5.08. The fourth-order valence-electron chi connectivity index (χ4n) is 6.02. The summed E-state index contributed by atoms with van der Waals surface area (Å²) < 4.78 is 38.8. The van der Waals surface area contributed by atoms with Gasteiger partial charge in [0.05, 0.1) is 33.5 Å². The van der Waals surface area contributed by atoms with Crippen molar-refractivity contribution in [1.82, 2.24) is 38.7 Å². The average Bonchev–Trinajstić information content (AvgIpc) is 3.91. The van der Waals surface area contributed by atoms with E-state index in [1.54, 1.807) is 57.9 Å². The number of carboxylic acids is 1. The minimum Gasteiger partial charge on any atom is -0.475 e. The maximum Gasteiger partial charge on any atom is 0.490 e. The van der Waals surface area contributed by atoms with E-state index in [1.807, 2.05) is 36.8 Å². The fourth-order valence-corrected chi connectivity index (χ4v) is 6.02. The van der Waals surface area contributed by atoms with E-state index in [9.17, 15) is 32.3 Å². The van der Waals surface area contributed by atoms with E-state index in [1.165, 1.54) is 0 Å². The number of unbranched alkanes of at least 4 members (excludes halogenated alkanes) is 1. The topological polar surface area (TPSA) is 253 Å². The number of halogens is 3. The normalized spacial score (nSPS) is 11.4. The average molecular weight is 793 g/mol. The van der Waals surface area contributed by atoms with Crippen molar-refractivity contribution in [3.63, 3.8) is 0 Å². The number of carboxylic acid groups (broad SMARTS) is 1. The molecule has 0 saturated carbocycles. The molecule has 57 heavy (non-hydrogen) atoms. The van der Waals surface area contributed by atoms with Crippen molar-refractivity contribution in [3.05, 3.63) is 82.4 Å². The highest BCUT2D eigenvalue weighted by Gasteiger charge is 2.38. The highest BCUT2D eigenvalue weighted by molar-refractivity contribution is 6.04. The molecular formula is C36H39F3N12O6. The standard InChI is InChI=1S/C34H38N12O4.C2HF3O2/c1-5-45-27(15-19(3)41-45)31(49)39-33-37-23-17-21(29(35)47)9-11-25(23)43(33)13-7-8-14-44-26-12-10-22(30(36)48)18-24(26)38-34(44)40-32(50)28-16-20(4)42-46(28)6-2;3-2(4,5)1(6)7/h9-12,15-18H,5-8,13-14H2,1-4H3,(H2,35,47)(H2,36,48)(H,37,39,49)(H,38,40,50);(H,6,7). The quantitative estimate of drug-likeness (QED) is 0.104. The summed E-state index contributed by atoms with van der Waals surface area (Å²) in [5, 5.41) is 21.7. The van der Waals surface area contributed by atoms with E-state index in [0.717, 1.165) is 11.4 Å². The number of benzene rings is 2. The molecule has 0 saturated heterocycles.